The molecule has 0 spiro atoms. The van der Waals surface area contributed by atoms with Crippen molar-refractivity contribution in [3.05, 3.63) is 35.6 Å². The first-order valence-electron chi connectivity index (χ1n) is 8.16. The van der Waals surface area contributed by atoms with Gasteiger partial charge in [0.05, 0.1) is 0 Å². The first kappa shape index (κ1) is 16.9. The molecule has 122 valence electrons. The minimum absolute atomic E-state index is 0.197. The van der Waals surface area contributed by atoms with Crippen LogP contribution in [0.25, 0.3) is 0 Å². The fourth-order valence-corrected chi connectivity index (χ4v) is 3.03. The van der Waals surface area contributed by atoms with E-state index >= 15 is 0 Å². The fourth-order valence-electron chi connectivity index (χ4n) is 3.03. The Balaban J connectivity index is 2.21. The molecule has 0 radical (unpaired) electrons. The van der Waals surface area contributed by atoms with Gasteiger partial charge in [-0.1, -0.05) is 26.0 Å². The van der Waals surface area contributed by atoms with Crippen LogP contribution in [0.3, 0.4) is 0 Å². The molecule has 1 heterocycles. The predicted molar refractivity (Wildman–Crippen MR) is 86.9 cm³/mol. The van der Waals surface area contributed by atoms with Gasteiger partial charge in [-0.05, 0) is 37.5 Å². The molecule has 1 aromatic carbocycles. The third-order valence-electron chi connectivity index (χ3n) is 4.52. The van der Waals surface area contributed by atoms with Crippen LogP contribution in [0.5, 0.6) is 0 Å². The highest BCUT2D eigenvalue weighted by molar-refractivity contribution is 5.77. The number of carbonyl (C=O) groups excluding carboxylic acids is 1. The molecule has 3 nitrogen and oxygen atoms in total. The number of benzene rings is 1. The van der Waals surface area contributed by atoms with E-state index in [4.69, 9.17) is 0 Å². The molecular formula is C18H27FN2O. The van der Waals surface area contributed by atoms with Gasteiger partial charge in [0, 0.05) is 38.1 Å². The lowest BCUT2D eigenvalue weighted by molar-refractivity contribution is -0.134. The summed E-state index contributed by atoms with van der Waals surface area (Å²) in [6.07, 6.45) is 0.558. The fraction of sp³-hybridized carbons (Fsp3) is 0.611. The summed E-state index contributed by atoms with van der Waals surface area (Å²) >= 11 is 0. The Labute approximate surface area is 133 Å². The summed E-state index contributed by atoms with van der Waals surface area (Å²) in [4.78, 5) is 17.0. The zero-order chi connectivity index (χ0) is 16.3. The molecule has 0 aromatic heterocycles. The summed E-state index contributed by atoms with van der Waals surface area (Å²) in [6.45, 7) is 11.0. The van der Waals surface area contributed by atoms with Crippen molar-refractivity contribution < 1.29 is 9.18 Å². The quantitative estimate of drug-likeness (QED) is 0.852. The smallest absolute Gasteiger partial charge is 0.224 e. The van der Waals surface area contributed by atoms with E-state index in [-0.39, 0.29) is 17.8 Å². The van der Waals surface area contributed by atoms with E-state index in [1.807, 2.05) is 4.90 Å². The van der Waals surface area contributed by atoms with Crippen molar-refractivity contribution in [1.29, 1.82) is 0 Å². The maximum absolute atomic E-state index is 13.1. The Morgan fingerprint density at radius 1 is 1.18 bits per heavy atom. The van der Waals surface area contributed by atoms with Crippen LogP contribution in [0.1, 0.15) is 39.7 Å². The molecule has 1 saturated heterocycles. The van der Waals surface area contributed by atoms with Gasteiger partial charge in [0.1, 0.15) is 5.82 Å². The van der Waals surface area contributed by atoms with Crippen LogP contribution in [0, 0.1) is 11.7 Å². The Morgan fingerprint density at radius 3 is 2.36 bits per heavy atom. The van der Waals surface area contributed by atoms with Gasteiger partial charge < -0.3 is 4.90 Å². The minimum atomic E-state index is -0.239. The van der Waals surface area contributed by atoms with E-state index in [0.717, 1.165) is 18.7 Å². The van der Waals surface area contributed by atoms with Crippen molar-refractivity contribution in [2.45, 2.75) is 52.7 Å². The lowest BCUT2D eigenvalue weighted by Crippen LogP contribution is -2.47. The number of carbonyl (C=O) groups is 1. The average molecular weight is 306 g/mol. The van der Waals surface area contributed by atoms with Gasteiger partial charge in [-0.15, -0.1) is 0 Å². The summed E-state index contributed by atoms with van der Waals surface area (Å²) in [5, 5.41) is 0. The lowest BCUT2D eigenvalue weighted by atomic mass is 10.0. The topological polar surface area (TPSA) is 23.6 Å². The Bertz CT molecular complexity index is 498. The average Bonchev–Trinajstić information content (AvgIpc) is 2.62. The van der Waals surface area contributed by atoms with E-state index in [1.165, 1.54) is 12.1 Å². The van der Waals surface area contributed by atoms with Crippen LogP contribution in [-0.2, 0) is 11.3 Å². The number of hydrogen-bond donors (Lipinski definition) is 0. The largest absolute Gasteiger partial charge is 0.334 e. The standard InChI is InChI=1S/C18H27FN2O/c1-13(2)17-12-20(14(3)4)10-9-18(22)21(17)11-15-5-7-16(19)8-6-15/h5-8,13-14,17H,9-12H2,1-4H3. The molecule has 2 rings (SSSR count). The summed E-state index contributed by atoms with van der Waals surface area (Å²) in [6, 6.07) is 7.10. The zero-order valence-electron chi connectivity index (χ0n) is 14.1. The molecule has 0 N–H and O–H groups in total. The second-order valence-electron chi connectivity index (χ2n) is 6.80. The Morgan fingerprint density at radius 2 is 1.82 bits per heavy atom. The van der Waals surface area contributed by atoms with Gasteiger partial charge in [0.2, 0.25) is 5.91 Å². The summed E-state index contributed by atoms with van der Waals surface area (Å²) in [5.74, 6) is 0.354. The second-order valence-corrected chi connectivity index (χ2v) is 6.80. The molecule has 1 aliphatic rings. The maximum atomic E-state index is 13.1. The van der Waals surface area contributed by atoms with Crippen molar-refractivity contribution >= 4 is 5.91 Å². The van der Waals surface area contributed by atoms with Crippen LogP contribution >= 0.6 is 0 Å². The van der Waals surface area contributed by atoms with Crippen molar-refractivity contribution in [2.24, 2.45) is 5.92 Å². The zero-order valence-corrected chi connectivity index (χ0v) is 14.1. The minimum Gasteiger partial charge on any atom is -0.334 e. The van der Waals surface area contributed by atoms with Gasteiger partial charge in [0.15, 0.2) is 0 Å². The molecule has 1 amide bonds. The molecule has 0 aliphatic carbocycles. The van der Waals surface area contributed by atoms with E-state index in [0.29, 0.717) is 24.9 Å². The van der Waals surface area contributed by atoms with Gasteiger partial charge in [-0.25, -0.2) is 4.39 Å². The lowest BCUT2D eigenvalue weighted by Gasteiger charge is -2.36. The monoisotopic (exact) mass is 306 g/mol. The highest BCUT2D eigenvalue weighted by Crippen LogP contribution is 2.22. The molecule has 22 heavy (non-hydrogen) atoms. The van der Waals surface area contributed by atoms with Crippen molar-refractivity contribution in [3.63, 3.8) is 0 Å². The third kappa shape index (κ3) is 4.07. The first-order valence-corrected chi connectivity index (χ1v) is 8.16. The van der Waals surface area contributed by atoms with Gasteiger partial charge in [-0.3, -0.25) is 9.69 Å². The number of amides is 1. The van der Waals surface area contributed by atoms with Gasteiger partial charge in [0.25, 0.3) is 0 Å². The van der Waals surface area contributed by atoms with E-state index < -0.39 is 0 Å². The molecule has 1 aliphatic heterocycles. The second kappa shape index (κ2) is 7.23. The maximum Gasteiger partial charge on any atom is 0.224 e. The van der Waals surface area contributed by atoms with Crippen LogP contribution in [0.15, 0.2) is 24.3 Å². The van der Waals surface area contributed by atoms with E-state index in [1.54, 1.807) is 12.1 Å². The summed E-state index contributed by atoms with van der Waals surface area (Å²) in [5.41, 5.74) is 0.985. The van der Waals surface area contributed by atoms with E-state index in [2.05, 4.69) is 32.6 Å². The third-order valence-corrected chi connectivity index (χ3v) is 4.52. The number of halogens is 1. The molecule has 4 heteroatoms. The molecule has 1 atom stereocenters. The van der Waals surface area contributed by atoms with Crippen molar-refractivity contribution in [1.82, 2.24) is 9.80 Å². The van der Waals surface area contributed by atoms with Crippen LogP contribution < -0.4 is 0 Å². The summed E-state index contributed by atoms with van der Waals surface area (Å²) < 4.78 is 13.1. The Hall–Kier alpha value is -1.42. The summed E-state index contributed by atoms with van der Waals surface area (Å²) in [7, 11) is 0. The van der Waals surface area contributed by atoms with Crippen LogP contribution in [-0.4, -0.2) is 40.9 Å². The van der Waals surface area contributed by atoms with Gasteiger partial charge in [-0.2, -0.15) is 0 Å². The number of nitrogens with zero attached hydrogens (tertiary/aromatic N) is 2. The van der Waals surface area contributed by atoms with Crippen LogP contribution in [0.4, 0.5) is 4.39 Å². The van der Waals surface area contributed by atoms with Crippen molar-refractivity contribution in [2.75, 3.05) is 13.1 Å². The highest BCUT2D eigenvalue weighted by atomic mass is 19.1. The van der Waals surface area contributed by atoms with Gasteiger partial charge >= 0.3 is 0 Å². The first-order chi connectivity index (χ1) is 10.4. The molecule has 1 unspecified atom stereocenters. The molecule has 0 bridgehead atoms. The SMILES string of the molecule is CC(C)C1CN(C(C)C)CCC(=O)N1Cc1ccc(F)cc1. The highest BCUT2D eigenvalue weighted by Gasteiger charge is 2.32. The predicted octanol–water partition coefficient (Wildman–Crippen LogP) is 3.29. The Kier molecular flexibility index (Phi) is 5.57. The molecular weight excluding hydrogens is 279 g/mol. The van der Waals surface area contributed by atoms with E-state index in [9.17, 15) is 9.18 Å². The van der Waals surface area contributed by atoms with Crippen LogP contribution in [0.2, 0.25) is 0 Å². The molecule has 0 saturated carbocycles. The molecule has 1 fully saturated rings. The number of rotatable bonds is 4. The van der Waals surface area contributed by atoms with Crippen molar-refractivity contribution in [3.8, 4) is 0 Å². The normalized spacial score (nSPS) is 20.8. The number of hydrogen-bond acceptors (Lipinski definition) is 2. The molecule has 1 aromatic rings.